The fourth-order valence-corrected chi connectivity index (χ4v) is 4.31. The fraction of sp³-hybridized carbons (Fsp3) is 0.333. The van der Waals surface area contributed by atoms with Gasteiger partial charge in [-0.25, -0.2) is 14.8 Å². The lowest BCUT2D eigenvalue weighted by atomic mass is 10.0. The van der Waals surface area contributed by atoms with Crippen molar-refractivity contribution in [1.29, 1.82) is 0 Å². The molecule has 0 aliphatic carbocycles. The molecule has 0 saturated carbocycles. The number of pyridine rings is 1. The van der Waals surface area contributed by atoms with Crippen LogP contribution in [-0.2, 0) is 12.7 Å². The van der Waals surface area contributed by atoms with Gasteiger partial charge in [-0.15, -0.1) is 11.3 Å². The van der Waals surface area contributed by atoms with Crippen molar-refractivity contribution < 1.29 is 23.0 Å². The summed E-state index contributed by atoms with van der Waals surface area (Å²) < 4.78 is 44.7. The molecule has 8 nitrogen and oxygen atoms in total. The highest BCUT2D eigenvalue weighted by Gasteiger charge is 2.32. The van der Waals surface area contributed by atoms with Crippen molar-refractivity contribution in [2.75, 3.05) is 25.1 Å². The van der Waals surface area contributed by atoms with Gasteiger partial charge in [0.1, 0.15) is 11.2 Å². The van der Waals surface area contributed by atoms with Crippen LogP contribution in [0.1, 0.15) is 21.0 Å². The Labute approximate surface area is 190 Å². The minimum Gasteiger partial charge on any atom is -0.481 e. The van der Waals surface area contributed by atoms with E-state index in [2.05, 4.69) is 15.0 Å². The molecule has 0 radical (unpaired) electrons. The largest absolute Gasteiger partial charge is 0.481 e. The van der Waals surface area contributed by atoms with E-state index >= 15 is 0 Å². The normalized spacial score (nSPS) is 16.6. The van der Waals surface area contributed by atoms with Crippen molar-refractivity contribution in [2.45, 2.75) is 25.7 Å². The Kier molecular flexibility index (Phi) is 6.21. The highest BCUT2D eigenvalue weighted by molar-refractivity contribution is 7.12. The number of β-amino-alcohol motifs (C(OH)–C–C–N with tert-alkyl or cyclic N) is 1. The highest BCUT2D eigenvalue weighted by atomic mass is 32.1. The summed E-state index contributed by atoms with van der Waals surface area (Å²) in [4.78, 5) is 26.2. The van der Waals surface area contributed by atoms with Gasteiger partial charge < -0.3 is 14.7 Å². The zero-order valence-electron chi connectivity index (χ0n) is 17.7. The second-order valence-corrected chi connectivity index (χ2v) is 8.60. The number of hydrogen-bond donors (Lipinski definition) is 1. The molecule has 3 aromatic rings. The van der Waals surface area contributed by atoms with Gasteiger partial charge in [0.25, 0.3) is 0 Å². The third kappa shape index (κ3) is 4.91. The average molecular weight is 479 g/mol. The molecule has 0 unspecified atom stereocenters. The lowest BCUT2D eigenvalue weighted by Crippen LogP contribution is -2.40. The third-order valence-electron chi connectivity index (χ3n) is 5.13. The Bertz CT molecular complexity index is 1250. The second-order valence-electron chi connectivity index (χ2n) is 7.43. The Morgan fingerprint density at radius 3 is 2.67 bits per heavy atom. The summed E-state index contributed by atoms with van der Waals surface area (Å²) in [7, 11) is 1.53. The number of methoxy groups -OCH3 is 1. The van der Waals surface area contributed by atoms with E-state index in [9.17, 15) is 23.1 Å². The van der Waals surface area contributed by atoms with Crippen LogP contribution in [0.5, 0.6) is 5.88 Å². The summed E-state index contributed by atoms with van der Waals surface area (Å²) in [6.07, 6.45) is -2.29. The Balaban J connectivity index is 1.50. The summed E-state index contributed by atoms with van der Waals surface area (Å²) in [5.74, 6) is 0.602. The second kappa shape index (κ2) is 8.94. The van der Waals surface area contributed by atoms with E-state index in [0.717, 1.165) is 16.2 Å². The molecular formula is C21H20F3N5O3S. The topological polar surface area (TPSA) is 93.4 Å². The monoisotopic (exact) mass is 479 g/mol. The summed E-state index contributed by atoms with van der Waals surface area (Å²) in [6, 6.07) is 5.97. The molecule has 0 bridgehead atoms. The number of rotatable bonds is 5. The van der Waals surface area contributed by atoms with Gasteiger partial charge in [-0.3, -0.25) is 4.57 Å². The predicted molar refractivity (Wildman–Crippen MR) is 116 cm³/mol. The maximum Gasteiger partial charge on any atom is 0.425 e. The third-order valence-corrected chi connectivity index (χ3v) is 6.24. The molecule has 1 aliphatic heterocycles. The van der Waals surface area contributed by atoms with Crippen molar-refractivity contribution in [3.63, 3.8) is 0 Å². The fourth-order valence-electron chi connectivity index (χ4n) is 3.44. The summed E-state index contributed by atoms with van der Waals surface area (Å²) >= 11 is 0.571. The van der Waals surface area contributed by atoms with E-state index in [-0.39, 0.29) is 19.0 Å². The van der Waals surface area contributed by atoms with Gasteiger partial charge in [-0.2, -0.15) is 18.2 Å². The lowest BCUT2D eigenvalue weighted by molar-refractivity contribution is -0.134. The quantitative estimate of drug-likeness (QED) is 0.602. The number of aryl methyl sites for hydroxylation is 1. The molecule has 0 fully saturated rings. The minimum atomic E-state index is -4.42. The van der Waals surface area contributed by atoms with Crippen LogP contribution in [0.3, 0.4) is 0 Å². The predicted octanol–water partition coefficient (Wildman–Crippen LogP) is 2.74. The van der Waals surface area contributed by atoms with Gasteiger partial charge in [0.2, 0.25) is 11.8 Å². The van der Waals surface area contributed by atoms with Crippen LogP contribution in [0.4, 0.5) is 19.1 Å². The van der Waals surface area contributed by atoms with Crippen LogP contribution in [0, 0.1) is 6.92 Å². The SMILES string of the molecule is COc1nc(C2=CCN(c3ncn(Cc4ccc(C(F)(F)F)s4)c(=O)n3)C[C@@H]2O)ccc1C. The van der Waals surface area contributed by atoms with Crippen molar-refractivity contribution in [3.05, 3.63) is 68.2 Å². The molecule has 0 amide bonds. The number of halogens is 3. The van der Waals surface area contributed by atoms with Crippen LogP contribution in [0.2, 0.25) is 0 Å². The number of thiophene rings is 1. The van der Waals surface area contributed by atoms with Crippen LogP contribution in [0.25, 0.3) is 5.57 Å². The molecule has 1 N–H and O–H groups in total. The molecule has 1 atom stereocenters. The Morgan fingerprint density at radius 1 is 1.24 bits per heavy atom. The zero-order valence-corrected chi connectivity index (χ0v) is 18.5. The van der Waals surface area contributed by atoms with E-state index < -0.39 is 22.8 Å². The first-order valence-electron chi connectivity index (χ1n) is 9.90. The van der Waals surface area contributed by atoms with E-state index in [1.54, 1.807) is 17.0 Å². The minimum absolute atomic E-state index is 0.0620. The molecule has 0 spiro atoms. The van der Waals surface area contributed by atoms with Gasteiger partial charge in [0, 0.05) is 22.6 Å². The first kappa shape index (κ1) is 22.9. The van der Waals surface area contributed by atoms with Crippen molar-refractivity contribution >= 4 is 22.9 Å². The van der Waals surface area contributed by atoms with Crippen LogP contribution < -0.4 is 15.3 Å². The number of anilines is 1. The smallest absolute Gasteiger partial charge is 0.425 e. The zero-order chi connectivity index (χ0) is 23.8. The standard InChI is InChI=1S/C21H20F3N5O3S/c1-12-3-5-15(26-18(12)32-2)14-7-8-28(10-16(14)30)19-25-11-29(20(31)27-19)9-13-4-6-17(33-13)21(22,23)24/h3-7,11,16,30H,8-10H2,1-2H3/t16-/m0/s1. The number of alkyl halides is 3. The van der Waals surface area contributed by atoms with Gasteiger partial charge in [0.05, 0.1) is 32.0 Å². The Morgan fingerprint density at radius 2 is 2.03 bits per heavy atom. The van der Waals surface area contributed by atoms with Crippen LogP contribution in [0.15, 0.2) is 41.5 Å². The molecule has 4 heterocycles. The van der Waals surface area contributed by atoms with Crippen molar-refractivity contribution in [3.8, 4) is 5.88 Å². The molecule has 0 saturated heterocycles. The first-order valence-corrected chi connectivity index (χ1v) is 10.7. The average Bonchev–Trinajstić information content (AvgIpc) is 3.25. The number of nitrogens with zero attached hydrogens (tertiary/aromatic N) is 5. The molecular weight excluding hydrogens is 459 g/mol. The summed E-state index contributed by atoms with van der Waals surface area (Å²) in [6.45, 7) is 2.30. The van der Waals surface area contributed by atoms with Crippen molar-refractivity contribution in [2.24, 2.45) is 0 Å². The molecule has 12 heteroatoms. The van der Waals surface area contributed by atoms with E-state index in [4.69, 9.17) is 4.74 Å². The van der Waals surface area contributed by atoms with Gasteiger partial charge in [-0.1, -0.05) is 12.1 Å². The van der Waals surface area contributed by atoms with Gasteiger partial charge >= 0.3 is 11.9 Å². The number of aromatic nitrogens is 4. The van der Waals surface area contributed by atoms with Gasteiger partial charge in [0.15, 0.2) is 0 Å². The van der Waals surface area contributed by atoms with Crippen LogP contribution >= 0.6 is 11.3 Å². The Hall–Kier alpha value is -3.25. The molecule has 33 heavy (non-hydrogen) atoms. The summed E-state index contributed by atoms with van der Waals surface area (Å²) in [5.41, 5.74) is 1.46. The maximum absolute atomic E-state index is 12.8. The van der Waals surface area contributed by atoms with E-state index in [0.29, 0.717) is 39.9 Å². The number of aliphatic hydroxyl groups is 1. The maximum atomic E-state index is 12.8. The molecule has 1 aliphatic rings. The molecule has 4 rings (SSSR count). The highest BCUT2D eigenvalue weighted by Crippen LogP contribution is 2.34. The number of ether oxygens (including phenoxy) is 1. The van der Waals surface area contributed by atoms with Gasteiger partial charge in [-0.05, 0) is 25.1 Å². The molecule has 0 aromatic carbocycles. The van der Waals surface area contributed by atoms with Crippen LogP contribution in [-0.4, -0.2) is 50.9 Å². The first-order chi connectivity index (χ1) is 15.7. The summed E-state index contributed by atoms with van der Waals surface area (Å²) in [5, 5.41) is 10.7. The number of hydrogen-bond acceptors (Lipinski definition) is 8. The lowest BCUT2D eigenvalue weighted by Gasteiger charge is -2.30. The van der Waals surface area contributed by atoms with E-state index in [1.807, 2.05) is 13.0 Å². The van der Waals surface area contributed by atoms with Crippen molar-refractivity contribution in [1.82, 2.24) is 19.5 Å². The molecule has 174 valence electrons. The van der Waals surface area contributed by atoms with E-state index in [1.165, 1.54) is 19.5 Å². The molecule has 3 aromatic heterocycles. The number of aliphatic hydroxyl groups excluding tert-OH is 1.